The van der Waals surface area contributed by atoms with E-state index in [0.717, 1.165) is 22.6 Å². The normalized spacial score (nSPS) is 13.8. The first-order chi connectivity index (χ1) is 16.3. The Morgan fingerprint density at radius 2 is 1.59 bits per heavy atom. The zero-order valence-corrected chi connectivity index (χ0v) is 19.1. The monoisotopic (exact) mass is 462 g/mol. The van der Waals surface area contributed by atoms with Gasteiger partial charge in [0, 0.05) is 11.8 Å². The smallest absolute Gasteiger partial charge is 0.282 e. The number of halogens is 2. The largest absolute Gasteiger partial charge is 0.494 e. The molecule has 0 atom stereocenters. The highest BCUT2D eigenvalue weighted by Crippen LogP contribution is 2.35. The number of nitrogens with one attached hydrogen (secondary N) is 1. The molecule has 0 fully saturated rings. The summed E-state index contributed by atoms with van der Waals surface area (Å²) < 4.78 is 33.5. The van der Waals surface area contributed by atoms with Crippen molar-refractivity contribution in [1.29, 1.82) is 0 Å². The van der Waals surface area contributed by atoms with Crippen LogP contribution in [0.3, 0.4) is 0 Å². The van der Waals surface area contributed by atoms with Crippen LogP contribution in [-0.4, -0.2) is 18.4 Å². The fourth-order valence-corrected chi connectivity index (χ4v) is 3.78. The molecule has 0 spiro atoms. The Morgan fingerprint density at radius 3 is 2.18 bits per heavy atom. The number of imide groups is 1. The molecule has 4 rings (SSSR count). The van der Waals surface area contributed by atoms with E-state index < -0.39 is 23.4 Å². The first kappa shape index (κ1) is 23.2. The molecule has 0 saturated carbocycles. The molecule has 0 bridgehead atoms. The third kappa shape index (κ3) is 4.41. The molecule has 2 amide bonds. The maximum atomic E-state index is 14.5. The fourth-order valence-electron chi connectivity index (χ4n) is 3.78. The van der Waals surface area contributed by atoms with E-state index >= 15 is 0 Å². The molecule has 0 saturated heterocycles. The Kier molecular flexibility index (Phi) is 6.45. The summed E-state index contributed by atoms with van der Waals surface area (Å²) in [6.45, 7) is 6.49. The summed E-state index contributed by atoms with van der Waals surface area (Å²) in [5.41, 5.74) is 1.97. The van der Waals surface area contributed by atoms with Crippen LogP contribution in [0.2, 0.25) is 0 Å². The van der Waals surface area contributed by atoms with Gasteiger partial charge >= 0.3 is 0 Å². The predicted molar refractivity (Wildman–Crippen MR) is 128 cm³/mol. The number of benzene rings is 3. The Hall–Kier alpha value is -4.00. The quantitative estimate of drug-likeness (QED) is 0.445. The number of carbonyl (C=O) groups is 2. The third-order valence-electron chi connectivity index (χ3n) is 5.54. The lowest BCUT2D eigenvalue weighted by atomic mass is 10.0. The summed E-state index contributed by atoms with van der Waals surface area (Å²) in [6.07, 6.45) is 0. The summed E-state index contributed by atoms with van der Waals surface area (Å²) in [7, 11) is 0. The van der Waals surface area contributed by atoms with E-state index in [9.17, 15) is 18.4 Å². The van der Waals surface area contributed by atoms with E-state index in [-0.39, 0.29) is 17.0 Å². The van der Waals surface area contributed by atoms with E-state index in [1.807, 2.05) is 31.2 Å². The SMILES string of the molecule is CCOc1ccc(C2=C(Nc3ccc(C(C)C)cc3)C(=O)N(c3ccc(F)cc3F)C2=O)cc1. The molecule has 0 unspecified atom stereocenters. The van der Waals surface area contributed by atoms with Gasteiger partial charge in [-0.05, 0) is 60.4 Å². The van der Waals surface area contributed by atoms with Crippen LogP contribution in [0.1, 0.15) is 37.8 Å². The van der Waals surface area contributed by atoms with Gasteiger partial charge < -0.3 is 10.1 Å². The second kappa shape index (κ2) is 9.47. The van der Waals surface area contributed by atoms with Gasteiger partial charge in [-0.1, -0.05) is 38.1 Å². The average molecular weight is 462 g/mol. The fraction of sp³-hybridized carbons (Fsp3) is 0.185. The highest BCUT2D eigenvalue weighted by molar-refractivity contribution is 6.46. The Balaban J connectivity index is 1.78. The molecule has 7 heteroatoms. The molecule has 1 heterocycles. The second-order valence-corrected chi connectivity index (χ2v) is 8.15. The Labute approximate surface area is 196 Å². The van der Waals surface area contributed by atoms with E-state index in [1.165, 1.54) is 0 Å². The molecule has 5 nitrogen and oxygen atoms in total. The Morgan fingerprint density at radius 1 is 0.912 bits per heavy atom. The summed E-state index contributed by atoms with van der Waals surface area (Å²) in [6, 6.07) is 16.9. The second-order valence-electron chi connectivity index (χ2n) is 8.15. The third-order valence-corrected chi connectivity index (χ3v) is 5.54. The number of rotatable bonds is 7. The van der Waals surface area contributed by atoms with Gasteiger partial charge in [0.15, 0.2) is 0 Å². The van der Waals surface area contributed by atoms with Crippen LogP contribution >= 0.6 is 0 Å². The number of hydrogen-bond acceptors (Lipinski definition) is 4. The number of carbonyl (C=O) groups excluding carboxylic acids is 2. The molecule has 1 N–H and O–H groups in total. The van der Waals surface area contributed by atoms with Crippen molar-refractivity contribution in [2.24, 2.45) is 0 Å². The zero-order chi connectivity index (χ0) is 24.4. The van der Waals surface area contributed by atoms with Crippen molar-refractivity contribution in [2.75, 3.05) is 16.8 Å². The standard InChI is InChI=1S/C27H24F2N2O3/c1-4-34-21-12-7-18(8-13-21)24-25(30-20-10-5-17(6-11-20)16(2)3)27(33)31(26(24)32)23-14-9-19(28)15-22(23)29/h5-16,30H,4H2,1-3H3. The molecule has 1 aliphatic rings. The molecule has 34 heavy (non-hydrogen) atoms. The van der Waals surface area contributed by atoms with Gasteiger partial charge in [-0.15, -0.1) is 0 Å². The molecule has 0 radical (unpaired) electrons. The van der Waals surface area contributed by atoms with Crippen molar-refractivity contribution in [3.63, 3.8) is 0 Å². The van der Waals surface area contributed by atoms with E-state index in [2.05, 4.69) is 19.2 Å². The van der Waals surface area contributed by atoms with Crippen molar-refractivity contribution in [3.8, 4) is 5.75 Å². The van der Waals surface area contributed by atoms with Crippen LogP contribution in [-0.2, 0) is 9.59 Å². The number of anilines is 2. The van der Waals surface area contributed by atoms with Gasteiger partial charge in [0.1, 0.15) is 23.1 Å². The van der Waals surface area contributed by atoms with Crippen LogP contribution in [0.5, 0.6) is 5.75 Å². The van der Waals surface area contributed by atoms with Crippen LogP contribution in [0, 0.1) is 11.6 Å². The van der Waals surface area contributed by atoms with Gasteiger partial charge in [0.2, 0.25) is 0 Å². The minimum absolute atomic E-state index is 0.00943. The number of nitrogens with zero attached hydrogens (tertiary/aromatic N) is 1. The molecule has 3 aromatic rings. The van der Waals surface area contributed by atoms with Crippen LogP contribution in [0.25, 0.3) is 5.57 Å². The average Bonchev–Trinajstić information content (AvgIpc) is 3.04. The van der Waals surface area contributed by atoms with Gasteiger partial charge in [-0.3, -0.25) is 9.59 Å². The van der Waals surface area contributed by atoms with E-state index in [1.54, 1.807) is 24.3 Å². The number of hydrogen-bond donors (Lipinski definition) is 1. The predicted octanol–water partition coefficient (Wildman–Crippen LogP) is 5.88. The van der Waals surface area contributed by atoms with Crippen LogP contribution in [0.15, 0.2) is 72.4 Å². The first-order valence-electron chi connectivity index (χ1n) is 11.0. The summed E-state index contributed by atoms with van der Waals surface area (Å²) in [4.78, 5) is 27.5. The molecule has 0 aliphatic carbocycles. The highest BCUT2D eigenvalue weighted by Gasteiger charge is 2.41. The minimum atomic E-state index is -1.00. The summed E-state index contributed by atoms with van der Waals surface area (Å²) in [5.74, 6) is -2.30. The van der Waals surface area contributed by atoms with Gasteiger partial charge in [-0.2, -0.15) is 0 Å². The van der Waals surface area contributed by atoms with Crippen molar-refractivity contribution >= 4 is 28.8 Å². The van der Waals surface area contributed by atoms with Crippen molar-refractivity contribution < 1.29 is 23.1 Å². The lowest BCUT2D eigenvalue weighted by Crippen LogP contribution is -2.33. The zero-order valence-electron chi connectivity index (χ0n) is 19.1. The maximum absolute atomic E-state index is 14.5. The van der Waals surface area contributed by atoms with Crippen molar-refractivity contribution in [1.82, 2.24) is 0 Å². The number of amides is 2. The van der Waals surface area contributed by atoms with Crippen LogP contribution in [0.4, 0.5) is 20.2 Å². The molecule has 3 aromatic carbocycles. The van der Waals surface area contributed by atoms with Gasteiger partial charge in [0.25, 0.3) is 11.8 Å². The molecule has 1 aliphatic heterocycles. The van der Waals surface area contributed by atoms with Gasteiger partial charge in [-0.25, -0.2) is 13.7 Å². The van der Waals surface area contributed by atoms with Gasteiger partial charge in [0.05, 0.1) is 17.9 Å². The van der Waals surface area contributed by atoms with Crippen molar-refractivity contribution in [3.05, 3.63) is 95.2 Å². The van der Waals surface area contributed by atoms with Crippen molar-refractivity contribution in [2.45, 2.75) is 26.7 Å². The molecule has 0 aromatic heterocycles. The summed E-state index contributed by atoms with van der Waals surface area (Å²) in [5, 5.41) is 3.05. The maximum Gasteiger partial charge on any atom is 0.282 e. The molecular formula is C27H24F2N2O3. The summed E-state index contributed by atoms with van der Waals surface area (Å²) >= 11 is 0. The first-order valence-corrected chi connectivity index (χ1v) is 11.0. The minimum Gasteiger partial charge on any atom is -0.494 e. The van der Waals surface area contributed by atoms with E-state index in [0.29, 0.717) is 35.6 Å². The number of ether oxygens (including phenoxy) is 1. The molecular weight excluding hydrogens is 438 g/mol. The highest BCUT2D eigenvalue weighted by atomic mass is 19.1. The molecule has 174 valence electrons. The topological polar surface area (TPSA) is 58.6 Å². The lowest BCUT2D eigenvalue weighted by Gasteiger charge is -2.16. The Bertz CT molecular complexity index is 1270. The lowest BCUT2D eigenvalue weighted by molar-refractivity contribution is -0.120. The van der Waals surface area contributed by atoms with Crippen LogP contribution < -0.4 is 15.0 Å². The van der Waals surface area contributed by atoms with E-state index in [4.69, 9.17) is 4.74 Å².